The summed E-state index contributed by atoms with van der Waals surface area (Å²) in [6.45, 7) is 0.475. The molecule has 10 rings (SSSR count). The zero-order valence-electron chi connectivity index (χ0n) is 28.9. The Morgan fingerprint density at radius 1 is 0.509 bits per heavy atom. The highest BCUT2D eigenvalue weighted by Crippen LogP contribution is 2.62. The fourth-order valence-corrected chi connectivity index (χ4v) is 8.54. The second-order valence-corrected chi connectivity index (χ2v) is 13.7. The lowest BCUT2D eigenvalue weighted by Crippen LogP contribution is -2.26. The van der Waals surface area contributed by atoms with Gasteiger partial charge in [0.2, 0.25) is 0 Å². The Morgan fingerprint density at radius 2 is 1.11 bits per heavy atom. The van der Waals surface area contributed by atoms with Crippen LogP contribution in [0.1, 0.15) is 38.9 Å². The van der Waals surface area contributed by atoms with Gasteiger partial charge in [0.05, 0.1) is 17.5 Å². The number of fused-ring (bicyclic) bond motifs is 11. The Bertz CT molecular complexity index is 2710. The van der Waals surface area contributed by atoms with E-state index in [9.17, 15) is 0 Å². The molecule has 250 valence electrons. The Balaban J connectivity index is 1.14. The van der Waals surface area contributed by atoms with E-state index in [1.165, 1.54) is 44.5 Å². The molecule has 2 N–H and O–H groups in total. The summed E-state index contributed by atoms with van der Waals surface area (Å²) < 4.78 is 0. The molecule has 0 unspecified atom stereocenters. The molecule has 0 aliphatic heterocycles. The minimum atomic E-state index is -0.463. The highest BCUT2D eigenvalue weighted by Gasteiger charge is 2.51. The average Bonchev–Trinajstić information content (AvgIpc) is 3.69. The van der Waals surface area contributed by atoms with Crippen LogP contribution in [0.15, 0.2) is 192 Å². The van der Waals surface area contributed by atoms with Crippen molar-refractivity contribution in [3.63, 3.8) is 0 Å². The summed E-state index contributed by atoms with van der Waals surface area (Å²) in [4.78, 5) is 15.0. The van der Waals surface area contributed by atoms with Gasteiger partial charge in [-0.1, -0.05) is 158 Å². The van der Waals surface area contributed by atoms with Crippen LogP contribution in [-0.2, 0) is 12.0 Å². The highest BCUT2D eigenvalue weighted by molar-refractivity contribution is 6.12. The van der Waals surface area contributed by atoms with Gasteiger partial charge in [-0.15, -0.1) is 0 Å². The fraction of sp³-hybridized carbons (Fsp3) is 0.0408. The first-order valence-corrected chi connectivity index (χ1v) is 18.0. The maximum atomic E-state index is 6.94. The summed E-state index contributed by atoms with van der Waals surface area (Å²) in [5, 5.41) is 1.09. The van der Waals surface area contributed by atoms with Gasteiger partial charge < -0.3 is 5.73 Å². The molecule has 0 radical (unpaired) electrons. The summed E-state index contributed by atoms with van der Waals surface area (Å²) in [6, 6.07) is 62.1. The van der Waals surface area contributed by atoms with Crippen LogP contribution >= 0.6 is 0 Å². The van der Waals surface area contributed by atoms with E-state index < -0.39 is 5.41 Å². The van der Waals surface area contributed by atoms with Gasteiger partial charge >= 0.3 is 0 Å². The quantitative estimate of drug-likeness (QED) is 0.145. The van der Waals surface area contributed by atoms with E-state index in [1.54, 1.807) is 0 Å². The Hall–Kier alpha value is -6.91. The third-order valence-electron chi connectivity index (χ3n) is 10.8. The van der Waals surface area contributed by atoms with Gasteiger partial charge in [0.1, 0.15) is 5.84 Å². The molecule has 8 aromatic rings. The van der Waals surface area contributed by atoms with Crippen LogP contribution in [-0.4, -0.2) is 16.7 Å². The van der Waals surface area contributed by atoms with Crippen LogP contribution in [0.5, 0.6) is 0 Å². The third-order valence-corrected chi connectivity index (χ3v) is 10.8. The van der Waals surface area contributed by atoms with E-state index in [4.69, 9.17) is 20.7 Å². The van der Waals surface area contributed by atoms with Gasteiger partial charge in [-0.05, 0) is 73.8 Å². The van der Waals surface area contributed by atoms with E-state index in [2.05, 4.69) is 140 Å². The third kappa shape index (κ3) is 4.87. The van der Waals surface area contributed by atoms with Crippen molar-refractivity contribution < 1.29 is 0 Å². The summed E-state index contributed by atoms with van der Waals surface area (Å²) >= 11 is 0. The number of rotatable bonds is 5. The fourth-order valence-electron chi connectivity index (χ4n) is 8.54. The van der Waals surface area contributed by atoms with Crippen molar-refractivity contribution in [3.8, 4) is 33.4 Å². The molecular formula is C49H34N4. The van der Waals surface area contributed by atoms with Gasteiger partial charge in [0.15, 0.2) is 5.84 Å². The molecule has 0 atom stereocenters. The van der Waals surface area contributed by atoms with Crippen molar-refractivity contribution in [1.29, 1.82) is 0 Å². The lowest BCUT2D eigenvalue weighted by atomic mass is 9.70. The second kappa shape index (κ2) is 12.4. The van der Waals surface area contributed by atoms with E-state index in [-0.39, 0.29) is 0 Å². The zero-order chi connectivity index (χ0) is 35.4. The minimum absolute atomic E-state index is 0.405. The smallest absolute Gasteiger partial charge is 0.157 e. The highest BCUT2D eigenvalue weighted by atomic mass is 15.0. The number of amidine groups is 2. The van der Waals surface area contributed by atoms with Gasteiger partial charge in [-0.25, -0.2) is 4.99 Å². The SMILES string of the molecule is NC(=NC(=NCc1ccccc1)c1ccc2c(c1)C1(c3ccccc3-c3ccccc31)c1ccccc1-2)c1cccc(-c2cccc3cccnc23)c1. The predicted octanol–water partition coefficient (Wildman–Crippen LogP) is 10.6. The Morgan fingerprint density at radius 3 is 1.83 bits per heavy atom. The van der Waals surface area contributed by atoms with Crippen molar-refractivity contribution in [2.24, 2.45) is 15.7 Å². The monoisotopic (exact) mass is 678 g/mol. The van der Waals surface area contributed by atoms with Crippen molar-refractivity contribution in [1.82, 2.24) is 4.98 Å². The maximum Gasteiger partial charge on any atom is 0.157 e. The minimum Gasteiger partial charge on any atom is -0.383 e. The largest absolute Gasteiger partial charge is 0.383 e. The Kier molecular flexibility index (Phi) is 7.22. The number of benzene rings is 7. The van der Waals surface area contributed by atoms with Crippen LogP contribution in [0.3, 0.4) is 0 Å². The van der Waals surface area contributed by atoms with Gasteiger partial charge in [-0.3, -0.25) is 9.98 Å². The molecule has 4 heteroatoms. The lowest BCUT2D eigenvalue weighted by Gasteiger charge is -2.30. The van der Waals surface area contributed by atoms with Crippen molar-refractivity contribution in [2.75, 3.05) is 0 Å². The first kappa shape index (κ1) is 30.9. The van der Waals surface area contributed by atoms with E-state index in [0.717, 1.165) is 38.7 Å². The van der Waals surface area contributed by atoms with Crippen molar-refractivity contribution in [3.05, 3.63) is 221 Å². The molecule has 2 aliphatic carbocycles. The maximum absolute atomic E-state index is 6.94. The topological polar surface area (TPSA) is 63.6 Å². The summed E-state index contributed by atoms with van der Waals surface area (Å²) in [6.07, 6.45) is 1.84. The summed E-state index contributed by atoms with van der Waals surface area (Å²) in [7, 11) is 0. The predicted molar refractivity (Wildman–Crippen MR) is 217 cm³/mol. The average molecular weight is 679 g/mol. The van der Waals surface area contributed by atoms with Crippen molar-refractivity contribution in [2.45, 2.75) is 12.0 Å². The van der Waals surface area contributed by atoms with Gasteiger partial charge in [0.25, 0.3) is 0 Å². The standard InChI is InChI=1S/C49H34N4/c50-47(35-17-10-16-34(29-35)37-22-11-15-33-18-12-28-51-46(33)37)53-48(52-31-32-13-2-1-3-14-32)36-26-27-41-40-21-6-9-25-44(40)49(45(41)30-36)42-23-7-4-19-38(42)39-20-5-8-24-43(39)49/h1-30H,31H2,(H2,50,52,53). The van der Waals surface area contributed by atoms with Crippen LogP contribution < -0.4 is 5.73 Å². The number of nitrogens with two attached hydrogens (primary N) is 1. The Labute approximate surface area is 308 Å². The first-order valence-electron chi connectivity index (χ1n) is 18.0. The van der Waals surface area contributed by atoms with E-state index in [1.807, 2.05) is 42.6 Å². The van der Waals surface area contributed by atoms with Crippen LogP contribution in [0, 0.1) is 0 Å². The molecule has 1 heterocycles. The summed E-state index contributed by atoms with van der Waals surface area (Å²) in [5.74, 6) is 0.999. The van der Waals surface area contributed by atoms with E-state index >= 15 is 0 Å². The molecule has 1 spiro atoms. The van der Waals surface area contributed by atoms with Gasteiger partial charge in [0, 0.05) is 28.3 Å². The number of aliphatic imine (C=N–C) groups is 2. The molecular weight excluding hydrogens is 645 g/mol. The number of para-hydroxylation sites is 1. The van der Waals surface area contributed by atoms with E-state index in [0.29, 0.717) is 18.2 Å². The molecule has 0 amide bonds. The first-order chi connectivity index (χ1) is 26.2. The lowest BCUT2D eigenvalue weighted by molar-refractivity contribution is 0.793. The zero-order valence-corrected chi connectivity index (χ0v) is 28.9. The number of hydrogen-bond acceptors (Lipinski definition) is 2. The number of pyridine rings is 1. The molecule has 0 saturated carbocycles. The molecule has 0 saturated heterocycles. The number of nitrogens with zero attached hydrogens (tertiary/aromatic N) is 3. The molecule has 7 aromatic carbocycles. The second-order valence-electron chi connectivity index (χ2n) is 13.7. The molecule has 2 aliphatic rings. The van der Waals surface area contributed by atoms with Crippen molar-refractivity contribution >= 4 is 22.6 Å². The molecule has 0 bridgehead atoms. The van der Waals surface area contributed by atoms with Crippen LogP contribution in [0.25, 0.3) is 44.3 Å². The number of hydrogen-bond donors (Lipinski definition) is 1. The number of aromatic nitrogens is 1. The molecule has 53 heavy (non-hydrogen) atoms. The summed E-state index contributed by atoms with van der Waals surface area (Å²) in [5.41, 5.74) is 22.5. The van der Waals surface area contributed by atoms with Gasteiger partial charge in [-0.2, -0.15) is 0 Å². The van der Waals surface area contributed by atoms with Crippen LogP contribution in [0.2, 0.25) is 0 Å². The molecule has 4 nitrogen and oxygen atoms in total. The van der Waals surface area contributed by atoms with Crippen LogP contribution in [0.4, 0.5) is 0 Å². The normalized spacial score (nSPS) is 13.8. The molecule has 1 aromatic heterocycles. The molecule has 0 fully saturated rings.